The molecule has 1 unspecified atom stereocenters. The van der Waals surface area contributed by atoms with E-state index >= 15 is 0 Å². The summed E-state index contributed by atoms with van der Waals surface area (Å²) in [6.07, 6.45) is 4.45. The molecule has 3 heteroatoms. The Morgan fingerprint density at radius 1 is 1.27 bits per heavy atom. The fourth-order valence-electron chi connectivity index (χ4n) is 2.22. The van der Waals surface area contributed by atoms with Crippen molar-refractivity contribution in [3.8, 4) is 0 Å². The van der Waals surface area contributed by atoms with Crippen molar-refractivity contribution in [2.45, 2.75) is 51.4 Å². The molecule has 0 amide bonds. The molecule has 0 aromatic carbocycles. The van der Waals surface area contributed by atoms with Crippen molar-refractivity contribution in [1.82, 2.24) is 0 Å². The quantitative estimate of drug-likeness (QED) is 0.721. The number of rotatable bonds is 3. The molecule has 2 fully saturated rings. The van der Waals surface area contributed by atoms with Crippen LogP contribution in [0.5, 0.6) is 0 Å². The average molecular weight is 214 g/mol. The van der Waals surface area contributed by atoms with Crippen molar-refractivity contribution in [3.63, 3.8) is 0 Å². The summed E-state index contributed by atoms with van der Waals surface area (Å²) >= 11 is 0. The second-order valence-electron chi connectivity index (χ2n) is 5.05. The minimum absolute atomic E-state index is 0.292. The van der Waals surface area contributed by atoms with Gasteiger partial charge in [0.25, 0.3) is 0 Å². The van der Waals surface area contributed by atoms with Crippen LogP contribution in [0.3, 0.4) is 0 Å². The van der Waals surface area contributed by atoms with Crippen LogP contribution in [0, 0.1) is 5.92 Å². The van der Waals surface area contributed by atoms with Gasteiger partial charge in [0.2, 0.25) is 0 Å². The lowest BCUT2D eigenvalue weighted by molar-refractivity contribution is -0.211. The van der Waals surface area contributed by atoms with Crippen LogP contribution in [0.15, 0.2) is 0 Å². The zero-order valence-electron chi connectivity index (χ0n) is 9.83. The molecule has 0 N–H and O–H groups in total. The van der Waals surface area contributed by atoms with Crippen LogP contribution < -0.4 is 0 Å². The van der Waals surface area contributed by atoms with Gasteiger partial charge in [0.05, 0.1) is 25.9 Å². The maximum Gasteiger partial charge on any atom is 0.173 e. The molecule has 15 heavy (non-hydrogen) atoms. The predicted molar refractivity (Wildman–Crippen MR) is 57.7 cm³/mol. The first-order valence-corrected chi connectivity index (χ1v) is 6.10. The molecule has 2 rings (SSSR count). The van der Waals surface area contributed by atoms with Crippen LogP contribution in [-0.4, -0.2) is 31.7 Å². The molecule has 0 bridgehead atoms. The number of ether oxygens (including phenoxy) is 3. The largest absolute Gasteiger partial charge is 0.381 e. The van der Waals surface area contributed by atoms with Crippen molar-refractivity contribution < 1.29 is 14.2 Å². The van der Waals surface area contributed by atoms with Crippen molar-refractivity contribution in [3.05, 3.63) is 0 Å². The fraction of sp³-hybridized carbons (Fsp3) is 1.00. The molecule has 0 saturated carbocycles. The highest BCUT2D eigenvalue weighted by Crippen LogP contribution is 2.34. The maximum absolute atomic E-state index is 6.04. The molecule has 3 nitrogen and oxygen atoms in total. The Bertz CT molecular complexity index is 197. The van der Waals surface area contributed by atoms with Gasteiger partial charge in [-0.05, 0) is 18.8 Å². The van der Waals surface area contributed by atoms with Crippen molar-refractivity contribution in [1.29, 1.82) is 0 Å². The summed E-state index contributed by atoms with van der Waals surface area (Å²) in [6, 6.07) is 0. The van der Waals surface area contributed by atoms with Gasteiger partial charge in [-0.3, -0.25) is 0 Å². The van der Waals surface area contributed by atoms with E-state index in [0.717, 1.165) is 45.0 Å². The highest BCUT2D eigenvalue weighted by molar-refractivity contribution is 4.81. The molecule has 0 aliphatic carbocycles. The molecule has 2 heterocycles. The Hall–Kier alpha value is -0.120. The molecule has 1 atom stereocenters. The van der Waals surface area contributed by atoms with Gasteiger partial charge < -0.3 is 14.2 Å². The summed E-state index contributed by atoms with van der Waals surface area (Å²) < 4.78 is 17.2. The Balaban J connectivity index is 1.78. The first-order chi connectivity index (χ1) is 7.20. The van der Waals surface area contributed by atoms with E-state index in [1.165, 1.54) is 6.42 Å². The predicted octanol–water partition coefficient (Wildman–Crippen LogP) is 2.34. The van der Waals surface area contributed by atoms with E-state index in [1.54, 1.807) is 0 Å². The van der Waals surface area contributed by atoms with Gasteiger partial charge >= 0.3 is 0 Å². The monoisotopic (exact) mass is 214 g/mol. The normalized spacial score (nSPS) is 30.2. The molecule has 2 saturated heterocycles. The smallest absolute Gasteiger partial charge is 0.173 e. The van der Waals surface area contributed by atoms with Crippen LogP contribution in [0.2, 0.25) is 0 Å². The molecule has 88 valence electrons. The second kappa shape index (κ2) is 4.81. The fourth-order valence-corrected chi connectivity index (χ4v) is 2.22. The summed E-state index contributed by atoms with van der Waals surface area (Å²) in [5, 5.41) is 0. The molecule has 1 spiro atoms. The average Bonchev–Trinajstić information content (AvgIpc) is 2.60. The van der Waals surface area contributed by atoms with E-state index in [0.29, 0.717) is 6.10 Å². The standard InChI is InChI=1S/C12H22O3/c1-10(2)3-4-11-9-14-12(15-11)5-7-13-8-6-12/h10-11H,3-9H2,1-2H3. The molecular weight excluding hydrogens is 192 g/mol. The lowest BCUT2D eigenvalue weighted by Crippen LogP contribution is -2.37. The molecule has 2 aliphatic rings. The van der Waals surface area contributed by atoms with Crippen molar-refractivity contribution in [2.24, 2.45) is 5.92 Å². The summed E-state index contributed by atoms with van der Waals surface area (Å²) in [7, 11) is 0. The summed E-state index contributed by atoms with van der Waals surface area (Å²) in [5.41, 5.74) is 0. The maximum atomic E-state index is 6.04. The molecule has 0 aromatic rings. The third-order valence-electron chi connectivity index (χ3n) is 3.23. The van der Waals surface area contributed by atoms with E-state index in [9.17, 15) is 0 Å². The lowest BCUT2D eigenvalue weighted by Gasteiger charge is -2.31. The van der Waals surface area contributed by atoms with Crippen molar-refractivity contribution in [2.75, 3.05) is 19.8 Å². The minimum Gasteiger partial charge on any atom is -0.381 e. The molecule has 0 radical (unpaired) electrons. The lowest BCUT2D eigenvalue weighted by atomic mass is 10.1. The van der Waals surface area contributed by atoms with Gasteiger partial charge in [0, 0.05) is 12.8 Å². The van der Waals surface area contributed by atoms with Gasteiger partial charge in [-0.2, -0.15) is 0 Å². The van der Waals surface area contributed by atoms with Gasteiger partial charge in [0.1, 0.15) is 0 Å². The highest BCUT2D eigenvalue weighted by atomic mass is 16.7. The van der Waals surface area contributed by atoms with Crippen LogP contribution in [0.25, 0.3) is 0 Å². The zero-order valence-corrected chi connectivity index (χ0v) is 9.83. The van der Waals surface area contributed by atoms with Crippen LogP contribution >= 0.6 is 0 Å². The van der Waals surface area contributed by atoms with Crippen molar-refractivity contribution >= 4 is 0 Å². The second-order valence-corrected chi connectivity index (χ2v) is 5.05. The third kappa shape index (κ3) is 2.92. The van der Waals surface area contributed by atoms with Crippen LogP contribution in [-0.2, 0) is 14.2 Å². The topological polar surface area (TPSA) is 27.7 Å². The summed E-state index contributed by atoms with van der Waals surface area (Å²) in [6.45, 7) is 6.82. The molecule has 0 aromatic heterocycles. The van der Waals surface area contributed by atoms with Gasteiger partial charge in [0.15, 0.2) is 5.79 Å². The minimum atomic E-state index is -0.292. The van der Waals surface area contributed by atoms with E-state index in [-0.39, 0.29) is 5.79 Å². The first-order valence-electron chi connectivity index (χ1n) is 6.10. The van der Waals surface area contributed by atoms with Crippen LogP contribution in [0.1, 0.15) is 39.5 Å². The summed E-state index contributed by atoms with van der Waals surface area (Å²) in [5.74, 6) is 0.458. The third-order valence-corrected chi connectivity index (χ3v) is 3.23. The van der Waals surface area contributed by atoms with Gasteiger partial charge in [-0.15, -0.1) is 0 Å². The van der Waals surface area contributed by atoms with E-state index in [4.69, 9.17) is 14.2 Å². The molecule has 2 aliphatic heterocycles. The van der Waals surface area contributed by atoms with E-state index < -0.39 is 0 Å². The van der Waals surface area contributed by atoms with Gasteiger partial charge in [-0.25, -0.2) is 0 Å². The van der Waals surface area contributed by atoms with Gasteiger partial charge in [-0.1, -0.05) is 13.8 Å². The summed E-state index contributed by atoms with van der Waals surface area (Å²) in [4.78, 5) is 0. The number of hydrogen-bond donors (Lipinski definition) is 0. The molecular formula is C12H22O3. The zero-order chi connectivity index (χ0) is 10.7. The van der Waals surface area contributed by atoms with E-state index in [1.807, 2.05) is 0 Å². The Kier molecular flexibility index (Phi) is 3.65. The van der Waals surface area contributed by atoms with Crippen LogP contribution in [0.4, 0.5) is 0 Å². The SMILES string of the molecule is CC(C)CCC1COC2(CCOCC2)O1. The van der Waals surface area contributed by atoms with E-state index in [2.05, 4.69) is 13.8 Å². The Morgan fingerprint density at radius 3 is 2.67 bits per heavy atom. The Morgan fingerprint density at radius 2 is 2.00 bits per heavy atom. The number of hydrogen-bond acceptors (Lipinski definition) is 3. The first kappa shape index (κ1) is 11.4. The highest BCUT2D eigenvalue weighted by Gasteiger charge is 2.42. The Labute approximate surface area is 92.1 Å².